The molecule has 1 aromatic rings. The van der Waals surface area contributed by atoms with E-state index in [4.69, 9.17) is 14.2 Å². The number of carbonyl (C=O) groups excluding carboxylic acids is 1. The first-order chi connectivity index (χ1) is 12.4. The van der Waals surface area contributed by atoms with Crippen LogP contribution >= 0.6 is 0 Å². The van der Waals surface area contributed by atoms with Gasteiger partial charge in [-0.3, -0.25) is 4.79 Å². The number of rotatable bonds is 8. The highest BCUT2D eigenvalue weighted by Gasteiger charge is 2.47. The minimum Gasteiger partial charge on any atom is -0.493 e. The van der Waals surface area contributed by atoms with Gasteiger partial charge in [-0.05, 0) is 42.5 Å². The van der Waals surface area contributed by atoms with Crippen LogP contribution in [0.3, 0.4) is 0 Å². The van der Waals surface area contributed by atoms with E-state index in [-0.39, 0.29) is 17.8 Å². The minimum absolute atomic E-state index is 0.00210. The van der Waals surface area contributed by atoms with E-state index in [9.17, 15) is 9.90 Å². The predicted molar refractivity (Wildman–Crippen MR) is 100 cm³/mol. The summed E-state index contributed by atoms with van der Waals surface area (Å²) in [6.07, 6.45) is 5.06. The van der Waals surface area contributed by atoms with Gasteiger partial charge in [0.2, 0.25) is 0 Å². The number of aliphatic hydroxyl groups excluding tert-OH is 1. The summed E-state index contributed by atoms with van der Waals surface area (Å²) in [4.78, 5) is 12.8. The average molecular weight is 360 g/mol. The van der Waals surface area contributed by atoms with Gasteiger partial charge in [-0.25, -0.2) is 0 Å². The van der Waals surface area contributed by atoms with Gasteiger partial charge >= 0.3 is 0 Å². The summed E-state index contributed by atoms with van der Waals surface area (Å²) in [5, 5.41) is 11.0. The first-order valence-electron chi connectivity index (χ1n) is 8.69. The molecule has 0 aromatic heterocycles. The van der Waals surface area contributed by atoms with Crippen molar-refractivity contribution in [3.05, 3.63) is 48.6 Å². The largest absolute Gasteiger partial charge is 0.493 e. The molecule has 142 valence electrons. The van der Waals surface area contributed by atoms with E-state index in [1.807, 2.05) is 6.92 Å². The standard InChI is InChI=1S/C21H28O5/c1-6-11-21(13-16(24-3)8-10-19(21)22)14(2)20(23)15-7-9-17(25-4)18(12-15)26-5/h6-10,12,14,16,20,23H,1,11,13H2,2-5H3/t14-,16+,20?,21-/m1/s1. The van der Waals surface area contributed by atoms with Crippen LogP contribution in [0.4, 0.5) is 0 Å². The monoisotopic (exact) mass is 360 g/mol. The maximum Gasteiger partial charge on any atom is 0.162 e. The molecule has 0 aliphatic heterocycles. The van der Waals surface area contributed by atoms with Gasteiger partial charge in [0.05, 0.1) is 26.4 Å². The van der Waals surface area contributed by atoms with Gasteiger partial charge in [0, 0.05) is 12.5 Å². The highest BCUT2D eigenvalue weighted by molar-refractivity contribution is 5.96. The molecule has 5 nitrogen and oxygen atoms in total. The molecule has 1 aromatic carbocycles. The fourth-order valence-corrected chi connectivity index (χ4v) is 3.72. The maximum atomic E-state index is 12.8. The number of allylic oxidation sites excluding steroid dienone is 2. The lowest BCUT2D eigenvalue weighted by Crippen LogP contribution is -2.44. The molecule has 0 bridgehead atoms. The molecule has 0 heterocycles. The second-order valence-electron chi connectivity index (χ2n) is 6.70. The fraction of sp³-hybridized carbons (Fsp3) is 0.476. The van der Waals surface area contributed by atoms with Gasteiger partial charge in [0.25, 0.3) is 0 Å². The second-order valence-corrected chi connectivity index (χ2v) is 6.70. The Morgan fingerprint density at radius 3 is 2.58 bits per heavy atom. The van der Waals surface area contributed by atoms with E-state index in [2.05, 4.69) is 6.58 Å². The minimum atomic E-state index is -0.845. The third-order valence-corrected chi connectivity index (χ3v) is 5.42. The molecular formula is C21H28O5. The van der Waals surface area contributed by atoms with Gasteiger partial charge in [-0.1, -0.05) is 25.1 Å². The zero-order valence-electron chi connectivity index (χ0n) is 15.9. The van der Waals surface area contributed by atoms with Gasteiger partial charge in [-0.15, -0.1) is 6.58 Å². The van der Waals surface area contributed by atoms with E-state index >= 15 is 0 Å². The highest BCUT2D eigenvalue weighted by Crippen LogP contribution is 2.47. The van der Waals surface area contributed by atoms with Crippen LogP contribution in [0.15, 0.2) is 43.0 Å². The van der Waals surface area contributed by atoms with E-state index < -0.39 is 11.5 Å². The molecule has 1 unspecified atom stereocenters. The third kappa shape index (κ3) is 3.69. The van der Waals surface area contributed by atoms with Gasteiger partial charge in [-0.2, -0.15) is 0 Å². The van der Waals surface area contributed by atoms with Crippen LogP contribution in [0.1, 0.15) is 31.4 Å². The number of carbonyl (C=O) groups is 1. The molecule has 5 heteroatoms. The molecule has 0 fully saturated rings. The molecule has 0 saturated carbocycles. The van der Waals surface area contributed by atoms with Gasteiger partial charge < -0.3 is 19.3 Å². The van der Waals surface area contributed by atoms with Crippen molar-refractivity contribution in [2.24, 2.45) is 11.3 Å². The normalized spacial score (nSPS) is 24.8. The molecular weight excluding hydrogens is 332 g/mol. The van der Waals surface area contributed by atoms with Crippen molar-refractivity contribution in [3.8, 4) is 11.5 Å². The zero-order valence-corrected chi connectivity index (χ0v) is 15.9. The van der Waals surface area contributed by atoms with E-state index in [1.54, 1.807) is 57.8 Å². The summed E-state index contributed by atoms with van der Waals surface area (Å²) < 4.78 is 16.0. The van der Waals surface area contributed by atoms with Gasteiger partial charge in [0.15, 0.2) is 17.3 Å². The smallest absolute Gasteiger partial charge is 0.162 e. The quantitative estimate of drug-likeness (QED) is 0.719. The molecule has 1 aliphatic rings. The summed E-state index contributed by atoms with van der Waals surface area (Å²) in [5.74, 6) is 0.790. The summed E-state index contributed by atoms with van der Waals surface area (Å²) in [6, 6.07) is 5.30. The Labute approximate surface area is 155 Å². The van der Waals surface area contributed by atoms with Crippen molar-refractivity contribution in [2.75, 3.05) is 21.3 Å². The Balaban J connectivity index is 2.40. The van der Waals surface area contributed by atoms with E-state index in [0.717, 1.165) is 0 Å². The van der Waals surface area contributed by atoms with Crippen molar-refractivity contribution in [1.82, 2.24) is 0 Å². The molecule has 0 amide bonds. The lowest BCUT2D eigenvalue weighted by Gasteiger charge is -2.42. The lowest BCUT2D eigenvalue weighted by molar-refractivity contribution is -0.133. The molecule has 0 saturated heterocycles. The SMILES string of the molecule is C=CC[C@]1([C@H](C)C(O)c2ccc(OC)c(OC)c2)C[C@@H](OC)C=CC1=O. The Hall–Kier alpha value is -2.11. The van der Waals surface area contributed by atoms with Crippen LogP contribution in [0.2, 0.25) is 0 Å². The van der Waals surface area contributed by atoms with Gasteiger partial charge in [0.1, 0.15) is 0 Å². The van der Waals surface area contributed by atoms with Crippen molar-refractivity contribution in [1.29, 1.82) is 0 Å². The maximum absolute atomic E-state index is 12.8. The molecule has 1 aliphatic carbocycles. The lowest BCUT2D eigenvalue weighted by atomic mass is 9.62. The van der Waals surface area contributed by atoms with Crippen LogP contribution in [0.25, 0.3) is 0 Å². The van der Waals surface area contributed by atoms with E-state index in [0.29, 0.717) is 29.9 Å². The third-order valence-electron chi connectivity index (χ3n) is 5.42. The Kier molecular flexibility index (Phi) is 6.62. The first-order valence-corrected chi connectivity index (χ1v) is 8.69. The number of hydrogen-bond acceptors (Lipinski definition) is 5. The number of hydrogen-bond donors (Lipinski definition) is 1. The van der Waals surface area contributed by atoms with E-state index in [1.165, 1.54) is 0 Å². The van der Waals surface area contributed by atoms with Crippen molar-refractivity contribution >= 4 is 5.78 Å². The topological polar surface area (TPSA) is 65.0 Å². The molecule has 2 rings (SSSR count). The summed E-state index contributed by atoms with van der Waals surface area (Å²) >= 11 is 0. The number of ketones is 1. The van der Waals surface area contributed by atoms with Crippen molar-refractivity contribution in [3.63, 3.8) is 0 Å². The number of methoxy groups -OCH3 is 3. The Morgan fingerprint density at radius 2 is 2.00 bits per heavy atom. The Bertz CT molecular complexity index is 681. The van der Waals surface area contributed by atoms with Crippen LogP contribution in [0.5, 0.6) is 11.5 Å². The molecule has 0 spiro atoms. The fourth-order valence-electron chi connectivity index (χ4n) is 3.72. The average Bonchev–Trinajstić information content (AvgIpc) is 2.68. The number of benzene rings is 1. The highest BCUT2D eigenvalue weighted by atomic mass is 16.5. The number of ether oxygens (including phenoxy) is 3. The van der Waals surface area contributed by atoms with Crippen molar-refractivity contribution < 1.29 is 24.1 Å². The Morgan fingerprint density at radius 1 is 1.31 bits per heavy atom. The molecule has 26 heavy (non-hydrogen) atoms. The van der Waals surface area contributed by atoms with Crippen LogP contribution < -0.4 is 9.47 Å². The summed E-state index contributed by atoms with van der Waals surface area (Å²) in [5.41, 5.74) is -0.0843. The predicted octanol–water partition coefficient (Wildman–Crippen LogP) is 3.48. The van der Waals surface area contributed by atoms with Crippen molar-refractivity contribution in [2.45, 2.75) is 32.0 Å². The summed E-state index contributed by atoms with van der Waals surface area (Å²) in [7, 11) is 4.74. The summed E-state index contributed by atoms with van der Waals surface area (Å²) in [6.45, 7) is 5.71. The molecule has 1 N–H and O–H groups in total. The van der Waals surface area contributed by atoms with Crippen LogP contribution in [-0.4, -0.2) is 38.3 Å². The second kappa shape index (κ2) is 8.52. The zero-order chi connectivity index (χ0) is 19.3. The molecule has 0 radical (unpaired) electrons. The first kappa shape index (κ1) is 20.2. The van der Waals surface area contributed by atoms with Crippen LogP contribution in [-0.2, 0) is 9.53 Å². The van der Waals surface area contributed by atoms with Crippen LogP contribution in [0, 0.1) is 11.3 Å². The molecule has 4 atom stereocenters. The number of aliphatic hydroxyl groups is 1.